The van der Waals surface area contributed by atoms with E-state index in [2.05, 4.69) is 4.99 Å². The minimum Gasteiger partial charge on any atom is -0.427 e. The summed E-state index contributed by atoms with van der Waals surface area (Å²) in [5, 5.41) is 12.2. The van der Waals surface area contributed by atoms with E-state index < -0.39 is 23.3 Å². The summed E-state index contributed by atoms with van der Waals surface area (Å²) in [5.41, 5.74) is 2.64. The number of nitrogens with zero attached hydrogens (tertiary/aromatic N) is 2. The topological polar surface area (TPSA) is 83.7 Å². The Kier molecular flexibility index (Phi) is 5.79. The number of imide groups is 1. The molecule has 0 aliphatic heterocycles. The number of hydrogen-bond donors (Lipinski definition) is 2. The number of pyridine rings is 1. The molecule has 0 saturated carbocycles. The summed E-state index contributed by atoms with van der Waals surface area (Å²) in [6.45, 7) is 3.63. The number of aromatic nitrogens is 1. The number of rotatable bonds is 2. The lowest BCUT2D eigenvalue weighted by Gasteiger charge is -2.10. The Morgan fingerprint density at radius 3 is 2.41 bits per heavy atom. The second kappa shape index (κ2) is 8.28. The van der Waals surface area contributed by atoms with Crippen molar-refractivity contribution in [1.82, 2.24) is 10.0 Å². The summed E-state index contributed by atoms with van der Waals surface area (Å²) in [7, 11) is 0. The lowest BCUT2D eigenvalue weighted by molar-refractivity contribution is 0.0961. The van der Waals surface area contributed by atoms with Gasteiger partial charge in [-0.15, -0.1) is 0 Å². The van der Waals surface area contributed by atoms with Gasteiger partial charge in [0.25, 0.3) is 5.91 Å². The monoisotopic (exact) mass is 413 g/mol. The summed E-state index contributed by atoms with van der Waals surface area (Å²) < 4.78 is 14.5. The number of carbonyl (C=O) groups excluding carboxylic acids is 2. The maximum absolute atomic E-state index is 13.8. The molecule has 0 unspecified atom stereocenters. The van der Waals surface area contributed by atoms with Gasteiger partial charge in [-0.1, -0.05) is 47.5 Å². The van der Waals surface area contributed by atoms with Gasteiger partial charge in [0.15, 0.2) is 5.49 Å². The van der Waals surface area contributed by atoms with Gasteiger partial charge < -0.3 is 5.21 Å². The first-order valence-electron chi connectivity index (χ1n) is 8.61. The van der Waals surface area contributed by atoms with Crippen molar-refractivity contribution < 1.29 is 19.2 Å². The quantitative estimate of drug-likeness (QED) is 0.616. The van der Waals surface area contributed by atoms with Crippen molar-refractivity contribution in [3.05, 3.63) is 87.7 Å². The highest BCUT2D eigenvalue weighted by atomic mass is 35.5. The first-order valence-corrected chi connectivity index (χ1v) is 8.98. The van der Waals surface area contributed by atoms with Crippen LogP contribution in [0.3, 0.4) is 0 Å². The molecule has 3 rings (SSSR count). The third-order valence-corrected chi connectivity index (χ3v) is 4.63. The molecule has 0 fully saturated rings. The van der Waals surface area contributed by atoms with Crippen molar-refractivity contribution in [3.8, 4) is 11.1 Å². The first-order chi connectivity index (χ1) is 13.8. The van der Waals surface area contributed by atoms with E-state index in [9.17, 15) is 19.2 Å². The van der Waals surface area contributed by atoms with Crippen LogP contribution in [0.25, 0.3) is 11.1 Å². The van der Waals surface area contributed by atoms with Gasteiger partial charge in [-0.3, -0.25) is 10.1 Å². The average Bonchev–Trinajstić information content (AvgIpc) is 2.66. The fourth-order valence-corrected chi connectivity index (χ4v) is 3.01. The van der Waals surface area contributed by atoms with Gasteiger partial charge in [0.05, 0.1) is 16.3 Å². The maximum Gasteiger partial charge on any atom is 0.349 e. The first kappa shape index (κ1) is 20.3. The second-order valence-corrected chi connectivity index (χ2v) is 6.74. The molecule has 0 radical (unpaired) electrons. The summed E-state index contributed by atoms with van der Waals surface area (Å²) in [6, 6.07) is 13.5. The van der Waals surface area contributed by atoms with E-state index >= 15 is 0 Å². The molecule has 0 spiro atoms. The van der Waals surface area contributed by atoms with Crippen molar-refractivity contribution in [2.24, 2.45) is 4.99 Å². The molecule has 6 nitrogen and oxygen atoms in total. The third kappa shape index (κ3) is 4.35. The minimum absolute atomic E-state index is 0.0942. The summed E-state index contributed by atoms with van der Waals surface area (Å²) >= 11 is 5.81. The molecule has 0 bridgehead atoms. The zero-order valence-electron chi connectivity index (χ0n) is 15.6. The number of carbonyl (C=O) groups is 2. The Morgan fingerprint density at radius 1 is 1.07 bits per heavy atom. The summed E-state index contributed by atoms with van der Waals surface area (Å²) in [6.07, 6.45) is 0. The SMILES string of the molecule is Cc1ccc(-c2ccc(=NC(=O)NC(=O)c3c(F)cccc3Cl)n(O)c2C)cc1. The molecule has 148 valence electrons. The highest BCUT2D eigenvalue weighted by Crippen LogP contribution is 2.22. The summed E-state index contributed by atoms with van der Waals surface area (Å²) in [5.74, 6) is -1.89. The molecule has 0 atom stereocenters. The van der Waals surface area contributed by atoms with Crippen LogP contribution in [0.2, 0.25) is 5.02 Å². The Labute approximate surface area is 170 Å². The Balaban J connectivity index is 1.88. The van der Waals surface area contributed by atoms with Crippen molar-refractivity contribution in [2.75, 3.05) is 0 Å². The van der Waals surface area contributed by atoms with Gasteiger partial charge in [-0.2, -0.15) is 9.72 Å². The van der Waals surface area contributed by atoms with Crippen molar-refractivity contribution in [1.29, 1.82) is 0 Å². The molecule has 2 aromatic carbocycles. The van der Waals surface area contributed by atoms with Gasteiger partial charge in [0, 0.05) is 5.56 Å². The van der Waals surface area contributed by atoms with Gasteiger partial charge in [0.2, 0.25) is 0 Å². The number of benzene rings is 2. The molecule has 8 heteroatoms. The predicted octanol–water partition coefficient (Wildman–Crippen LogP) is 4.25. The van der Waals surface area contributed by atoms with Crippen LogP contribution in [-0.2, 0) is 0 Å². The van der Waals surface area contributed by atoms with Crippen LogP contribution < -0.4 is 10.8 Å². The lowest BCUT2D eigenvalue weighted by Crippen LogP contribution is -2.32. The zero-order valence-corrected chi connectivity index (χ0v) is 16.4. The number of nitrogens with one attached hydrogen (secondary N) is 1. The second-order valence-electron chi connectivity index (χ2n) is 6.34. The van der Waals surface area contributed by atoms with Gasteiger partial charge >= 0.3 is 6.03 Å². The third-order valence-electron chi connectivity index (χ3n) is 4.31. The lowest BCUT2D eigenvalue weighted by atomic mass is 10.0. The van der Waals surface area contributed by atoms with E-state index in [0.717, 1.165) is 27.5 Å². The Hall–Kier alpha value is -3.45. The minimum atomic E-state index is -1.07. The van der Waals surface area contributed by atoms with Crippen LogP contribution in [0.1, 0.15) is 21.6 Å². The fourth-order valence-electron chi connectivity index (χ4n) is 2.76. The molecule has 0 saturated heterocycles. The van der Waals surface area contributed by atoms with Crippen molar-refractivity contribution in [3.63, 3.8) is 0 Å². The van der Waals surface area contributed by atoms with Crippen LogP contribution in [0.5, 0.6) is 0 Å². The molecule has 1 aromatic heterocycles. The standard InChI is InChI=1S/C21H17ClFN3O3/c1-12-6-8-14(9-7-12)15-10-11-18(26(29)13(15)2)24-21(28)25-20(27)19-16(22)4-3-5-17(19)23/h3-11,29H,1-2H3,(H,25,27,28). The van der Waals surface area contributed by atoms with E-state index in [0.29, 0.717) is 5.69 Å². The van der Waals surface area contributed by atoms with Gasteiger partial charge in [-0.05, 0) is 43.7 Å². The smallest absolute Gasteiger partial charge is 0.349 e. The van der Waals surface area contributed by atoms with Crippen LogP contribution in [0, 0.1) is 19.7 Å². The van der Waals surface area contributed by atoms with Crippen LogP contribution in [0.4, 0.5) is 9.18 Å². The number of hydrogen-bond acceptors (Lipinski definition) is 3. The average molecular weight is 414 g/mol. The van der Waals surface area contributed by atoms with E-state index in [1.165, 1.54) is 18.2 Å². The molecular weight excluding hydrogens is 397 g/mol. The number of aryl methyl sites for hydroxylation is 1. The van der Waals surface area contributed by atoms with E-state index in [-0.39, 0.29) is 10.5 Å². The molecule has 1 heterocycles. The number of amides is 3. The Morgan fingerprint density at radius 2 is 1.76 bits per heavy atom. The van der Waals surface area contributed by atoms with Crippen LogP contribution in [0.15, 0.2) is 59.6 Å². The fraction of sp³-hybridized carbons (Fsp3) is 0.0952. The van der Waals surface area contributed by atoms with E-state index in [4.69, 9.17) is 11.6 Å². The highest BCUT2D eigenvalue weighted by Gasteiger charge is 2.18. The van der Waals surface area contributed by atoms with Crippen LogP contribution in [-0.4, -0.2) is 21.9 Å². The zero-order chi connectivity index (χ0) is 21.1. The molecule has 3 aromatic rings. The summed E-state index contributed by atoms with van der Waals surface area (Å²) in [4.78, 5) is 27.9. The molecular formula is C21H17ClFN3O3. The van der Waals surface area contributed by atoms with E-state index in [1.54, 1.807) is 13.0 Å². The normalized spacial score (nSPS) is 11.4. The van der Waals surface area contributed by atoms with E-state index in [1.807, 2.05) is 36.5 Å². The Bertz CT molecular complexity index is 1150. The molecule has 2 N–H and O–H groups in total. The van der Waals surface area contributed by atoms with Gasteiger partial charge in [-0.25, -0.2) is 9.18 Å². The highest BCUT2D eigenvalue weighted by molar-refractivity contribution is 6.34. The maximum atomic E-state index is 13.8. The van der Waals surface area contributed by atoms with Crippen molar-refractivity contribution >= 4 is 23.5 Å². The van der Waals surface area contributed by atoms with Crippen LogP contribution >= 0.6 is 11.6 Å². The molecule has 29 heavy (non-hydrogen) atoms. The molecule has 0 aliphatic rings. The predicted molar refractivity (Wildman–Crippen MR) is 106 cm³/mol. The number of halogens is 2. The van der Waals surface area contributed by atoms with Gasteiger partial charge in [0.1, 0.15) is 5.82 Å². The number of urea groups is 1. The van der Waals surface area contributed by atoms with Crippen molar-refractivity contribution in [2.45, 2.75) is 13.8 Å². The molecule has 0 aliphatic carbocycles. The largest absolute Gasteiger partial charge is 0.427 e. The molecule has 3 amide bonds.